The first-order valence-corrected chi connectivity index (χ1v) is 7.57. The maximum absolute atomic E-state index is 6.53. The average Bonchev–Trinajstić information content (AvgIpc) is 2.45. The largest absolute Gasteiger partial charge is 0.375 e. The number of aromatic nitrogens is 1. The summed E-state index contributed by atoms with van der Waals surface area (Å²) in [6, 6.07) is 4.23. The third-order valence-electron chi connectivity index (χ3n) is 4.93. The fourth-order valence-corrected chi connectivity index (χ4v) is 3.56. The second kappa shape index (κ2) is 5.22. The van der Waals surface area contributed by atoms with Crippen molar-refractivity contribution in [2.45, 2.75) is 57.1 Å². The molecule has 0 radical (unpaired) electrons. The van der Waals surface area contributed by atoms with Crippen molar-refractivity contribution in [1.29, 1.82) is 0 Å². The standard InChI is InChI=1S/C16H24N2O/c1-2-12-5-3-9-18-15(12)14(17)13-6-10-19-16(11-13)7-4-8-16/h3,5,9,13-14H,2,4,6-8,10-11,17H2,1H3. The summed E-state index contributed by atoms with van der Waals surface area (Å²) in [6.45, 7) is 3.04. The molecule has 0 amide bonds. The maximum Gasteiger partial charge on any atom is 0.0686 e. The highest BCUT2D eigenvalue weighted by atomic mass is 16.5. The van der Waals surface area contributed by atoms with E-state index in [-0.39, 0.29) is 11.6 Å². The molecule has 19 heavy (non-hydrogen) atoms. The van der Waals surface area contributed by atoms with Crippen molar-refractivity contribution in [1.82, 2.24) is 4.98 Å². The number of rotatable bonds is 3. The van der Waals surface area contributed by atoms with Gasteiger partial charge in [0.05, 0.1) is 17.3 Å². The van der Waals surface area contributed by atoms with Gasteiger partial charge < -0.3 is 10.5 Å². The topological polar surface area (TPSA) is 48.1 Å². The van der Waals surface area contributed by atoms with Crippen LogP contribution in [-0.4, -0.2) is 17.2 Å². The quantitative estimate of drug-likeness (QED) is 0.909. The van der Waals surface area contributed by atoms with Crippen molar-refractivity contribution in [3.8, 4) is 0 Å². The molecule has 2 heterocycles. The van der Waals surface area contributed by atoms with Gasteiger partial charge in [-0.05, 0) is 56.1 Å². The molecule has 3 rings (SSSR count). The minimum atomic E-state index is 0.0672. The molecule has 1 saturated carbocycles. The van der Waals surface area contributed by atoms with Crippen molar-refractivity contribution in [2.24, 2.45) is 11.7 Å². The zero-order valence-electron chi connectivity index (χ0n) is 11.8. The molecule has 1 aliphatic carbocycles. The van der Waals surface area contributed by atoms with Crippen LogP contribution < -0.4 is 5.73 Å². The van der Waals surface area contributed by atoms with Crippen molar-refractivity contribution in [3.05, 3.63) is 29.6 Å². The SMILES string of the molecule is CCc1cccnc1C(N)C1CCOC2(CCC2)C1. The van der Waals surface area contributed by atoms with E-state index in [2.05, 4.69) is 18.0 Å². The van der Waals surface area contributed by atoms with Crippen LogP contribution in [0.25, 0.3) is 0 Å². The van der Waals surface area contributed by atoms with Gasteiger partial charge in [-0.3, -0.25) is 4.98 Å². The molecule has 0 bridgehead atoms. The second-order valence-electron chi connectivity index (χ2n) is 6.07. The summed E-state index contributed by atoms with van der Waals surface area (Å²) in [5, 5.41) is 0. The predicted molar refractivity (Wildman–Crippen MR) is 75.8 cm³/mol. The number of nitrogens with two attached hydrogens (primary N) is 1. The van der Waals surface area contributed by atoms with Crippen LogP contribution in [0.4, 0.5) is 0 Å². The number of pyridine rings is 1. The van der Waals surface area contributed by atoms with Crippen LogP contribution >= 0.6 is 0 Å². The van der Waals surface area contributed by atoms with Gasteiger partial charge in [0.1, 0.15) is 0 Å². The molecular weight excluding hydrogens is 236 g/mol. The van der Waals surface area contributed by atoms with E-state index in [1.165, 1.54) is 24.8 Å². The maximum atomic E-state index is 6.53. The van der Waals surface area contributed by atoms with Gasteiger partial charge in [-0.25, -0.2) is 0 Å². The van der Waals surface area contributed by atoms with Crippen molar-refractivity contribution in [3.63, 3.8) is 0 Å². The zero-order valence-corrected chi connectivity index (χ0v) is 11.8. The molecule has 1 spiro atoms. The highest BCUT2D eigenvalue weighted by Gasteiger charge is 2.44. The third kappa shape index (κ3) is 2.41. The van der Waals surface area contributed by atoms with E-state index in [4.69, 9.17) is 10.5 Å². The minimum Gasteiger partial charge on any atom is -0.375 e. The first-order chi connectivity index (χ1) is 9.24. The molecule has 0 aromatic carbocycles. The van der Waals surface area contributed by atoms with Gasteiger partial charge in [0, 0.05) is 12.8 Å². The van der Waals surface area contributed by atoms with E-state index in [9.17, 15) is 0 Å². The van der Waals surface area contributed by atoms with Crippen LogP contribution in [0.3, 0.4) is 0 Å². The summed E-state index contributed by atoms with van der Waals surface area (Å²) in [6.07, 6.45) is 8.82. The Kier molecular flexibility index (Phi) is 3.59. The number of nitrogens with zero attached hydrogens (tertiary/aromatic N) is 1. The van der Waals surface area contributed by atoms with Gasteiger partial charge in [-0.15, -0.1) is 0 Å². The smallest absolute Gasteiger partial charge is 0.0686 e. The highest BCUT2D eigenvalue weighted by molar-refractivity contribution is 5.23. The first-order valence-electron chi connectivity index (χ1n) is 7.57. The number of aryl methyl sites for hydroxylation is 1. The lowest BCUT2D eigenvalue weighted by atomic mass is 9.70. The molecule has 2 N–H and O–H groups in total. The molecule has 104 valence electrons. The number of ether oxygens (including phenoxy) is 1. The van der Waals surface area contributed by atoms with Gasteiger partial charge in [-0.1, -0.05) is 13.0 Å². The van der Waals surface area contributed by atoms with Crippen LogP contribution in [0.1, 0.15) is 56.3 Å². The number of hydrogen-bond acceptors (Lipinski definition) is 3. The summed E-state index contributed by atoms with van der Waals surface area (Å²) in [7, 11) is 0. The summed E-state index contributed by atoms with van der Waals surface area (Å²) in [4.78, 5) is 4.55. The molecule has 2 atom stereocenters. The Balaban J connectivity index is 1.77. The van der Waals surface area contributed by atoms with Crippen LogP contribution in [0.5, 0.6) is 0 Å². The Morgan fingerprint density at radius 2 is 2.37 bits per heavy atom. The third-order valence-corrected chi connectivity index (χ3v) is 4.93. The van der Waals surface area contributed by atoms with E-state index >= 15 is 0 Å². The molecule has 1 saturated heterocycles. The Labute approximate surface area is 115 Å². The van der Waals surface area contributed by atoms with Gasteiger partial charge in [0.25, 0.3) is 0 Å². The molecule has 2 fully saturated rings. The fraction of sp³-hybridized carbons (Fsp3) is 0.688. The Morgan fingerprint density at radius 3 is 3.05 bits per heavy atom. The minimum absolute atomic E-state index is 0.0672. The molecule has 1 aromatic heterocycles. The molecule has 2 aliphatic rings. The van der Waals surface area contributed by atoms with Gasteiger partial charge >= 0.3 is 0 Å². The first kappa shape index (κ1) is 13.1. The molecule has 3 nitrogen and oxygen atoms in total. The van der Waals surface area contributed by atoms with Gasteiger partial charge in [0.15, 0.2) is 0 Å². The predicted octanol–water partition coefficient (Wildman–Crippen LogP) is 2.99. The van der Waals surface area contributed by atoms with Crippen LogP contribution in [0, 0.1) is 5.92 Å². The zero-order chi connectivity index (χ0) is 13.3. The average molecular weight is 260 g/mol. The Morgan fingerprint density at radius 1 is 1.53 bits per heavy atom. The lowest BCUT2D eigenvalue weighted by Crippen LogP contribution is -2.47. The van der Waals surface area contributed by atoms with Crippen molar-refractivity contribution >= 4 is 0 Å². The second-order valence-corrected chi connectivity index (χ2v) is 6.07. The summed E-state index contributed by atoms with van der Waals surface area (Å²) in [5.41, 5.74) is 9.09. The molecule has 1 aromatic rings. The molecule has 2 unspecified atom stereocenters. The highest BCUT2D eigenvalue weighted by Crippen LogP contribution is 2.46. The lowest BCUT2D eigenvalue weighted by Gasteiger charge is -2.48. The monoisotopic (exact) mass is 260 g/mol. The van der Waals surface area contributed by atoms with E-state index in [0.717, 1.165) is 31.6 Å². The number of hydrogen-bond donors (Lipinski definition) is 1. The Hall–Kier alpha value is -0.930. The normalized spacial score (nSPS) is 26.9. The Bertz CT molecular complexity index is 442. The van der Waals surface area contributed by atoms with E-state index in [1.807, 2.05) is 12.3 Å². The van der Waals surface area contributed by atoms with Crippen LogP contribution in [0.2, 0.25) is 0 Å². The lowest BCUT2D eigenvalue weighted by molar-refractivity contribution is -0.146. The van der Waals surface area contributed by atoms with Gasteiger partial charge in [-0.2, -0.15) is 0 Å². The van der Waals surface area contributed by atoms with Crippen LogP contribution in [-0.2, 0) is 11.2 Å². The van der Waals surface area contributed by atoms with Crippen molar-refractivity contribution in [2.75, 3.05) is 6.61 Å². The summed E-state index contributed by atoms with van der Waals surface area (Å²) in [5.74, 6) is 0.522. The van der Waals surface area contributed by atoms with E-state index in [0.29, 0.717) is 5.92 Å². The molecule has 1 aliphatic heterocycles. The van der Waals surface area contributed by atoms with Crippen molar-refractivity contribution < 1.29 is 4.74 Å². The van der Waals surface area contributed by atoms with Crippen LogP contribution in [0.15, 0.2) is 18.3 Å². The van der Waals surface area contributed by atoms with E-state index in [1.54, 1.807) is 0 Å². The van der Waals surface area contributed by atoms with Gasteiger partial charge in [0.2, 0.25) is 0 Å². The fourth-order valence-electron chi connectivity index (χ4n) is 3.56. The van der Waals surface area contributed by atoms with E-state index < -0.39 is 0 Å². The molecular formula is C16H24N2O. The summed E-state index contributed by atoms with van der Waals surface area (Å²) < 4.78 is 6.00. The molecule has 3 heteroatoms. The summed E-state index contributed by atoms with van der Waals surface area (Å²) >= 11 is 0.